The summed E-state index contributed by atoms with van der Waals surface area (Å²) in [5.41, 5.74) is 9.74. The third-order valence-electron chi connectivity index (χ3n) is 21.1. The van der Waals surface area contributed by atoms with Gasteiger partial charge in [-0.2, -0.15) is 0 Å². The Morgan fingerprint density at radius 2 is 1.67 bits per heavy atom. The predicted octanol–water partition coefficient (Wildman–Crippen LogP) is 10.1. The van der Waals surface area contributed by atoms with Crippen molar-refractivity contribution in [1.29, 1.82) is 0 Å². The number of nitrogen functional groups attached to an aromatic ring is 1. The van der Waals surface area contributed by atoms with Gasteiger partial charge in [-0.25, -0.2) is 0 Å². The van der Waals surface area contributed by atoms with Crippen molar-refractivity contribution in [3.8, 4) is 5.75 Å². The molecule has 9 heteroatoms. The minimum Gasteiger partial charge on any atom is -0.508 e. The van der Waals surface area contributed by atoms with Gasteiger partial charge in [-0.15, -0.1) is 0 Å². The number of hydrogen-bond donors (Lipinski definition) is 6. The monoisotopic (exact) mass is 918 g/mol. The molecule has 2 aromatic carbocycles. The van der Waals surface area contributed by atoms with Crippen molar-refractivity contribution in [2.45, 2.75) is 199 Å². The number of phenolic OH excluding ortho intramolecular Hbond substituents is 1. The molecule has 7 N–H and O–H groups in total. The highest BCUT2D eigenvalue weighted by Crippen LogP contribution is 2.78. The molecule has 0 spiro atoms. The third-order valence-corrected chi connectivity index (χ3v) is 21.1. The van der Waals surface area contributed by atoms with Crippen LogP contribution in [0.1, 0.15) is 179 Å². The molecule has 10 rings (SSSR count). The van der Waals surface area contributed by atoms with Crippen molar-refractivity contribution in [3.05, 3.63) is 70.3 Å². The van der Waals surface area contributed by atoms with Gasteiger partial charge in [-0.3, -0.25) is 9.59 Å². The fourth-order valence-corrected chi connectivity index (χ4v) is 18.2. The van der Waals surface area contributed by atoms with Crippen LogP contribution in [0.3, 0.4) is 0 Å². The number of fused-ring (bicyclic) bond motifs is 4. The third kappa shape index (κ3) is 7.55. The van der Waals surface area contributed by atoms with Gasteiger partial charge in [-0.1, -0.05) is 83.6 Å². The van der Waals surface area contributed by atoms with Gasteiger partial charge >= 0.3 is 0 Å². The number of aliphatic hydroxyl groups excluding tert-OH is 1. The fourth-order valence-electron chi connectivity index (χ4n) is 18.2. The van der Waals surface area contributed by atoms with E-state index in [1.54, 1.807) is 0 Å². The molecule has 7 fully saturated rings. The number of nitrogens with two attached hydrogens (primary N) is 1. The van der Waals surface area contributed by atoms with Gasteiger partial charge in [0.1, 0.15) is 17.6 Å². The van der Waals surface area contributed by atoms with Crippen LogP contribution in [-0.2, 0) is 20.9 Å². The molecule has 0 amide bonds. The molecular weight excluding hydrogens is 835 g/mol. The molecule has 0 bridgehead atoms. The first kappa shape index (κ1) is 47.6. The molecule has 9 nitrogen and oxygen atoms in total. The second-order valence-corrected chi connectivity index (χ2v) is 25.0. The zero-order chi connectivity index (χ0) is 47.5. The number of allylic oxidation sites excluding steroid dienone is 2. The molecule has 67 heavy (non-hydrogen) atoms. The highest BCUT2D eigenvalue weighted by Gasteiger charge is 2.75. The van der Waals surface area contributed by atoms with Crippen LogP contribution < -0.4 is 16.4 Å². The number of aliphatic hydroxyl groups is 2. The smallest absolute Gasteiger partial charge is 0.159 e. The Bertz CT molecular complexity index is 2290. The van der Waals surface area contributed by atoms with E-state index >= 15 is 4.79 Å². The number of carbonyl (C=O) groups is 2. The van der Waals surface area contributed by atoms with Crippen molar-refractivity contribution >= 4 is 17.3 Å². The molecule has 2 saturated heterocycles. The number of hydrogen-bond acceptors (Lipinski definition) is 9. The van der Waals surface area contributed by atoms with Crippen molar-refractivity contribution in [2.75, 3.05) is 19.3 Å². The Morgan fingerprint density at radius 1 is 0.910 bits per heavy atom. The highest BCUT2D eigenvalue weighted by molar-refractivity contribution is 6.00. The number of carbonyl (C=O) groups excluding carboxylic acids is 2. The maximum absolute atomic E-state index is 15.8. The number of Topliss-reactive ketones (excluding diaryl/α,β-unsaturated/α-hetero) is 2. The maximum Gasteiger partial charge on any atom is 0.159 e. The summed E-state index contributed by atoms with van der Waals surface area (Å²) in [7, 11) is 1.92. The topological polar surface area (TPSA) is 157 Å². The number of ether oxygens (including phenoxy) is 1. The van der Waals surface area contributed by atoms with E-state index in [2.05, 4.69) is 63.5 Å². The SMILES string of the molecule is CNCc1cc(O)cc(C2CC3(C4CCCC4)C4C(CC5(C)C3CCC3=C(C(C)CC(O)C6OC6(C)C6CCCC6c6cccc(N)c6)C(=O)CC35C)NCC(C)(O)CCCCC4(C)C2=O)c1. The van der Waals surface area contributed by atoms with Gasteiger partial charge in [0.25, 0.3) is 0 Å². The molecule has 15 atom stereocenters. The van der Waals surface area contributed by atoms with Gasteiger partial charge in [0.05, 0.1) is 17.3 Å². The summed E-state index contributed by atoms with van der Waals surface area (Å²) >= 11 is 0. The molecule has 2 heterocycles. The lowest BCUT2D eigenvalue weighted by Gasteiger charge is -2.73. The molecule has 8 aliphatic rings. The lowest BCUT2D eigenvalue weighted by molar-refractivity contribution is -0.222. The lowest BCUT2D eigenvalue weighted by Crippen LogP contribution is -2.72. The number of anilines is 1. The van der Waals surface area contributed by atoms with Crippen LogP contribution >= 0.6 is 0 Å². The van der Waals surface area contributed by atoms with E-state index < -0.39 is 28.1 Å². The van der Waals surface area contributed by atoms with Crippen LogP contribution in [0.2, 0.25) is 0 Å². The number of benzene rings is 2. The Morgan fingerprint density at radius 3 is 2.42 bits per heavy atom. The first-order valence-electron chi connectivity index (χ1n) is 26.8. The van der Waals surface area contributed by atoms with E-state index in [1.165, 1.54) is 24.0 Å². The van der Waals surface area contributed by atoms with Gasteiger partial charge in [0.2, 0.25) is 0 Å². The zero-order valence-corrected chi connectivity index (χ0v) is 41.9. The normalized spacial score (nSPS) is 43.1. The van der Waals surface area contributed by atoms with E-state index in [9.17, 15) is 20.1 Å². The van der Waals surface area contributed by atoms with E-state index in [1.807, 2.05) is 38.2 Å². The van der Waals surface area contributed by atoms with E-state index in [4.69, 9.17) is 10.5 Å². The standard InChI is InChI=1S/C58H83N3O6/c1-34(24-46(63)52-57(6,67-52)43-19-13-18-41(43)36-14-12-17-39(59)27-36)49-44-20-21-48-56(5,55(44,4)31-47(49)64)30-45-50-54(3,23-11-10-22-53(2,66)33-61-45)51(65)42(29-58(48,50)38-15-8-9-16-38)37-25-35(32-60-7)26-40(62)28-37/h12,14,17,25-28,34,38,41-43,45-46,48,50,52,60-63,66H,8-11,13,15-16,18-24,29-33,59H2,1-7H3. The Balaban J connectivity index is 1.02. The molecule has 2 aromatic rings. The number of ketones is 2. The summed E-state index contributed by atoms with van der Waals surface area (Å²) in [5, 5.41) is 42.5. The summed E-state index contributed by atoms with van der Waals surface area (Å²) in [6.07, 6.45) is 14.7. The number of epoxide rings is 1. The zero-order valence-electron chi connectivity index (χ0n) is 41.9. The average molecular weight is 918 g/mol. The fraction of sp³-hybridized carbons (Fsp3) is 0.724. The lowest BCUT2D eigenvalue weighted by atomic mass is 9.31. The first-order valence-corrected chi connectivity index (χ1v) is 26.8. The first-order chi connectivity index (χ1) is 31.8. The Kier molecular flexibility index (Phi) is 12.1. The van der Waals surface area contributed by atoms with Crippen LogP contribution in [0.15, 0.2) is 53.6 Å². The maximum atomic E-state index is 15.8. The Labute approximate surface area is 401 Å². The largest absolute Gasteiger partial charge is 0.508 e. The van der Waals surface area contributed by atoms with Gasteiger partial charge < -0.3 is 36.4 Å². The summed E-state index contributed by atoms with van der Waals surface area (Å²) < 4.78 is 6.57. The second kappa shape index (κ2) is 17.1. The minimum absolute atomic E-state index is 0.0173. The molecule has 15 unspecified atom stereocenters. The van der Waals surface area contributed by atoms with Gasteiger partial charge in [0, 0.05) is 48.0 Å². The second-order valence-electron chi connectivity index (χ2n) is 25.0. The van der Waals surface area contributed by atoms with E-state index in [-0.39, 0.29) is 58.2 Å². The van der Waals surface area contributed by atoms with Gasteiger partial charge in [0.15, 0.2) is 5.78 Å². The molecular formula is C58H83N3O6. The van der Waals surface area contributed by atoms with Crippen LogP contribution in [0.4, 0.5) is 5.69 Å². The molecule has 0 aromatic heterocycles. The summed E-state index contributed by atoms with van der Waals surface area (Å²) in [4.78, 5) is 30.8. The van der Waals surface area contributed by atoms with Crippen molar-refractivity contribution in [2.24, 2.45) is 51.2 Å². The summed E-state index contributed by atoms with van der Waals surface area (Å²) in [6, 6.07) is 14.2. The number of nitrogens with one attached hydrogen (secondary N) is 2. The van der Waals surface area contributed by atoms with Gasteiger partial charge in [-0.05, 0) is 184 Å². The number of β-amino-alcohol motifs (C(OH)–C–C–N with tert-alkyl or cyclic N) is 1. The summed E-state index contributed by atoms with van der Waals surface area (Å²) in [6.45, 7) is 14.7. The molecule has 2 aliphatic heterocycles. The average Bonchev–Trinajstić information content (AvgIpc) is 3.70. The van der Waals surface area contributed by atoms with Crippen LogP contribution in [-0.4, -0.2) is 69.9 Å². The molecule has 366 valence electrons. The van der Waals surface area contributed by atoms with Crippen molar-refractivity contribution < 1.29 is 29.6 Å². The van der Waals surface area contributed by atoms with E-state index in [0.29, 0.717) is 55.9 Å². The predicted molar refractivity (Wildman–Crippen MR) is 264 cm³/mol. The Hall–Kier alpha value is -3.08. The minimum atomic E-state index is -0.863. The molecule has 6 aliphatic carbocycles. The highest BCUT2D eigenvalue weighted by atomic mass is 16.6. The number of rotatable bonds is 10. The summed E-state index contributed by atoms with van der Waals surface area (Å²) in [5.74, 6) is 1.78. The van der Waals surface area contributed by atoms with Crippen LogP contribution in [0.5, 0.6) is 5.75 Å². The number of phenols is 1. The number of aromatic hydroxyl groups is 1. The molecule has 0 radical (unpaired) electrons. The van der Waals surface area contributed by atoms with Crippen LogP contribution in [0.25, 0.3) is 0 Å². The molecule has 5 saturated carbocycles. The quantitative estimate of drug-likeness (QED) is 0.101. The van der Waals surface area contributed by atoms with Crippen LogP contribution in [0, 0.1) is 51.2 Å². The van der Waals surface area contributed by atoms with Crippen molar-refractivity contribution in [3.63, 3.8) is 0 Å². The van der Waals surface area contributed by atoms with Crippen molar-refractivity contribution in [1.82, 2.24) is 10.6 Å². The van der Waals surface area contributed by atoms with E-state index in [0.717, 1.165) is 99.4 Å².